The van der Waals surface area contributed by atoms with Gasteiger partial charge < -0.3 is 9.88 Å². The van der Waals surface area contributed by atoms with E-state index in [1.165, 1.54) is 11.0 Å². The molecule has 0 atom stereocenters. The van der Waals surface area contributed by atoms with E-state index in [1.54, 1.807) is 31.6 Å². The second kappa shape index (κ2) is 4.48. The Morgan fingerprint density at radius 2 is 2.20 bits per heavy atom. The van der Waals surface area contributed by atoms with Gasteiger partial charge in [-0.2, -0.15) is 5.10 Å². The normalized spacial score (nSPS) is 10.9. The molecule has 1 amide bonds. The topological polar surface area (TPSA) is 64.8 Å². The predicted octanol–water partition coefficient (Wildman–Crippen LogP) is 2.62. The van der Waals surface area contributed by atoms with Crippen molar-refractivity contribution >= 4 is 22.5 Å². The number of fused-ring (bicyclic) bond motifs is 1. The fourth-order valence-corrected chi connectivity index (χ4v) is 2.17. The maximum absolute atomic E-state index is 13.7. The number of nitrogens with one attached hydrogen (secondary N) is 2. The Balaban J connectivity index is 2.04. The van der Waals surface area contributed by atoms with Crippen LogP contribution in [0.25, 0.3) is 10.9 Å². The zero-order valence-electron chi connectivity index (χ0n) is 11.1. The molecule has 0 aliphatic heterocycles. The number of aryl methyl sites for hydroxylation is 1. The van der Waals surface area contributed by atoms with E-state index in [9.17, 15) is 9.18 Å². The van der Waals surface area contributed by atoms with Gasteiger partial charge in [0, 0.05) is 18.6 Å². The molecular formula is C14H13FN4O. The molecule has 0 radical (unpaired) electrons. The number of carbonyl (C=O) groups excluding carboxylic acids is 1. The molecule has 0 spiro atoms. The number of rotatable bonds is 2. The Morgan fingerprint density at radius 1 is 1.40 bits per heavy atom. The minimum absolute atomic E-state index is 0.249. The van der Waals surface area contributed by atoms with Gasteiger partial charge in [-0.15, -0.1) is 0 Å². The number of benzene rings is 1. The molecule has 2 N–H and O–H groups in total. The van der Waals surface area contributed by atoms with E-state index >= 15 is 0 Å². The molecule has 0 aliphatic rings. The molecule has 0 aliphatic carbocycles. The molecule has 0 fully saturated rings. The van der Waals surface area contributed by atoms with Crippen molar-refractivity contribution in [1.82, 2.24) is 15.2 Å². The van der Waals surface area contributed by atoms with Crippen molar-refractivity contribution in [2.75, 3.05) is 11.9 Å². The number of hydrogen-bond acceptors (Lipinski definition) is 2. The monoisotopic (exact) mass is 272 g/mol. The van der Waals surface area contributed by atoms with Crippen LogP contribution in [0.4, 0.5) is 10.1 Å². The van der Waals surface area contributed by atoms with Crippen LogP contribution in [0, 0.1) is 12.7 Å². The summed E-state index contributed by atoms with van der Waals surface area (Å²) in [6, 6.07) is 4.76. The summed E-state index contributed by atoms with van der Waals surface area (Å²) in [5.41, 5.74) is 2.26. The zero-order valence-corrected chi connectivity index (χ0v) is 11.1. The minimum atomic E-state index is -0.365. The Labute approximate surface area is 114 Å². The van der Waals surface area contributed by atoms with Crippen LogP contribution >= 0.6 is 0 Å². The average molecular weight is 272 g/mol. The second-order valence-electron chi connectivity index (χ2n) is 4.66. The van der Waals surface area contributed by atoms with Crippen LogP contribution in [0.5, 0.6) is 0 Å². The highest BCUT2D eigenvalue weighted by atomic mass is 19.1. The summed E-state index contributed by atoms with van der Waals surface area (Å²) >= 11 is 0. The van der Waals surface area contributed by atoms with Gasteiger partial charge in [0.25, 0.3) is 5.91 Å². The highest BCUT2D eigenvalue weighted by Crippen LogP contribution is 2.23. The summed E-state index contributed by atoms with van der Waals surface area (Å²) in [5, 5.41) is 7.17. The third-order valence-corrected chi connectivity index (χ3v) is 3.37. The lowest BCUT2D eigenvalue weighted by molar-refractivity contribution is 0.0989. The molecule has 3 rings (SSSR count). The van der Waals surface area contributed by atoms with Gasteiger partial charge >= 0.3 is 0 Å². The first-order chi connectivity index (χ1) is 9.58. The zero-order chi connectivity index (χ0) is 14.3. The van der Waals surface area contributed by atoms with Crippen molar-refractivity contribution in [1.29, 1.82) is 0 Å². The fraction of sp³-hybridized carbons (Fsp3) is 0.143. The van der Waals surface area contributed by atoms with Gasteiger partial charge in [-0.1, -0.05) is 6.07 Å². The SMILES string of the molecule is Cc1ccc(F)c2[nH]c(C(=O)N(C)c3cn[nH]c3)cc12. The molecule has 3 aromatic rings. The molecule has 0 unspecified atom stereocenters. The molecule has 2 aromatic heterocycles. The summed E-state index contributed by atoms with van der Waals surface area (Å²) in [6.45, 7) is 1.88. The smallest absolute Gasteiger partial charge is 0.274 e. The first kappa shape index (κ1) is 12.4. The van der Waals surface area contributed by atoms with Gasteiger partial charge in [-0.3, -0.25) is 9.89 Å². The first-order valence-corrected chi connectivity index (χ1v) is 6.12. The van der Waals surface area contributed by atoms with E-state index in [1.807, 2.05) is 6.92 Å². The Hall–Kier alpha value is -2.63. The highest BCUT2D eigenvalue weighted by Gasteiger charge is 2.18. The highest BCUT2D eigenvalue weighted by molar-refractivity contribution is 6.07. The van der Waals surface area contributed by atoms with Crippen LogP contribution in [-0.4, -0.2) is 28.1 Å². The van der Waals surface area contributed by atoms with Crippen molar-refractivity contribution < 1.29 is 9.18 Å². The van der Waals surface area contributed by atoms with E-state index in [0.717, 1.165) is 5.56 Å². The molecule has 0 saturated carbocycles. The van der Waals surface area contributed by atoms with Crippen LogP contribution in [-0.2, 0) is 0 Å². The van der Waals surface area contributed by atoms with Crippen LogP contribution in [0.2, 0.25) is 0 Å². The Bertz CT molecular complexity index is 737. The molecule has 0 bridgehead atoms. The summed E-state index contributed by atoms with van der Waals surface area (Å²) < 4.78 is 13.7. The fourth-order valence-electron chi connectivity index (χ4n) is 2.17. The molecule has 102 valence electrons. The first-order valence-electron chi connectivity index (χ1n) is 6.12. The van der Waals surface area contributed by atoms with Gasteiger partial charge in [0.05, 0.1) is 17.4 Å². The number of nitrogens with zero attached hydrogens (tertiary/aromatic N) is 2. The van der Waals surface area contributed by atoms with Gasteiger partial charge in [0.15, 0.2) is 0 Å². The van der Waals surface area contributed by atoms with Crippen LogP contribution in [0.15, 0.2) is 30.6 Å². The number of aromatic amines is 2. The maximum atomic E-state index is 13.7. The number of amides is 1. The standard InChI is InChI=1S/C14H13FN4O/c1-8-3-4-11(15)13-10(8)5-12(18-13)14(20)19(2)9-6-16-17-7-9/h3-7,18H,1-2H3,(H,16,17). The molecule has 1 aromatic carbocycles. The van der Waals surface area contributed by atoms with Crippen LogP contribution in [0.1, 0.15) is 16.1 Å². The van der Waals surface area contributed by atoms with E-state index in [0.29, 0.717) is 22.3 Å². The van der Waals surface area contributed by atoms with E-state index in [2.05, 4.69) is 15.2 Å². The molecule has 20 heavy (non-hydrogen) atoms. The quantitative estimate of drug-likeness (QED) is 0.753. The van der Waals surface area contributed by atoms with Gasteiger partial charge in [-0.25, -0.2) is 4.39 Å². The minimum Gasteiger partial charge on any atom is -0.348 e. The molecular weight excluding hydrogens is 259 g/mol. The molecule has 5 nitrogen and oxygen atoms in total. The number of anilines is 1. The number of halogens is 1. The second-order valence-corrected chi connectivity index (χ2v) is 4.66. The summed E-state index contributed by atoms with van der Waals surface area (Å²) in [4.78, 5) is 16.7. The average Bonchev–Trinajstić information content (AvgIpc) is 3.10. The van der Waals surface area contributed by atoms with Crippen molar-refractivity contribution in [2.45, 2.75) is 6.92 Å². The van der Waals surface area contributed by atoms with Crippen LogP contribution < -0.4 is 4.90 Å². The molecule has 0 saturated heterocycles. The summed E-state index contributed by atoms with van der Waals surface area (Å²) in [6.07, 6.45) is 3.17. The van der Waals surface area contributed by atoms with Gasteiger partial charge in [0.1, 0.15) is 11.5 Å². The summed E-state index contributed by atoms with van der Waals surface area (Å²) in [7, 11) is 1.64. The Morgan fingerprint density at radius 3 is 2.85 bits per heavy atom. The van der Waals surface area contributed by atoms with E-state index in [-0.39, 0.29) is 11.7 Å². The van der Waals surface area contributed by atoms with E-state index < -0.39 is 0 Å². The van der Waals surface area contributed by atoms with Crippen molar-refractivity contribution in [3.63, 3.8) is 0 Å². The van der Waals surface area contributed by atoms with Crippen molar-refractivity contribution in [3.8, 4) is 0 Å². The van der Waals surface area contributed by atoms with Crippen molar-refractivity contribution in [3.05, 3.63) is 47.7 Å². The molecule has 6 heteroatoms. The lowest BCUT2D eigenvalue weighted by Crippen LogP contribution is -2.26. The van der Waals surface area contributed by atoms with Gasteiger partial charge in [0.2, 0.25) is 0 Å². The lowest BCUT2D eigenvalue weighted by Gasteiger charge is -2.13. The van der Waals surface area contributed by atoms with Crippen LogP contribution in [0.3, 0.4) is 0 Å². The lowest BCUT2D eigenvalue weighted by atomic mass is 10.1. The largest absolute Gasteiger partial charge is 0.348 e. The Kier molecular flexibility index (Phi) is 2.78. The maximum Gasteiger partial charge on any atom is 0.274 e. The third kappa shape index (κ3) is 1.85. The number of aromatic nitrogens is 3. The predicted molar refractivity (Wildman–Crippen MR) is 74.3 cm³/mol. The number of carbonyl (C=O) groups is 1. The number of hydrogen-bond donors (Lipinski definition) is 2. The molecule has 2 heterocycles. The van der Waals surface area contributed by atoms with E-state index in [4.69, 9.17) is 0 Å². The van der Waals surface area contributed by atoms with Gasteiger partial charge in [-0.05, 0) is 24.6 Å². The summed E-state index contributed by atoms with van der Waals surface area (Å²) in [5.74, 6) is -0.614. The third-order valence-electron chi connectivity index (χ3n) is 3.37. The number of H-pyrrole nitrogens is 2. The van der Waals surface area contributed by atoms with Crippen molar-refractivity contribution in [2.24, 2.45) is 0 Å².